The predicted octanol–water partition coefficient (Wildman–Crippen LogP) is 3.14. The molecule has 0 amide bonds. The van der Waals surface area contributed by atoms with Crippen molar-refractivity contribution in [1.29, 1.82) is 0 Å². The number of rotatable bonds is 6. The van der Waals surface area contributed by atoms with Crippen LogP contribution in [-0.4, -0.2) is 47.2 Å². The fourth-order valence-corrected chi connectivity index (χ4v) is 3.87. The SMILES string of the molecule is O=c1cnc2ccccc2n1CCCCN1CCN(c2ccccc2F)CC1. The number of aromatic nitrogens is 2. The van der Waals surface area contributed by atoms with Gasteiger partial charge in [0.25, 0.3) is 5.56 Å². The van der Waals surface area contributed by atoms with Gasteiger partial charge in [0, 0.05) is 32.7 Å². The van der Waals surface area contributed by atoms with E-state index < -0.39 is 0 Å². The summed E-state index contributed by atoms with van der Waals surface area (Å²) in [4.78, 5) is 20.9. The van der Waals surface area contributed by atoms with Gasteiger partial charge in [-0.05, 0) is 43.7 Å². The molecule has 2 aromatic carbocycles. The number of anilines is 1. The number of hydrogen-bond acceptors (Lipinski definition) is 4. The van der Waals surface area contributed by atoms with Crippen molar-refractivity contribution in [3.8, 4) is 0 Å². The Hall–Kier alpha value is -2.73. The van der Waals surface area contributed by atoms with Gasteiger partial charge in [-0.15, -0.1) is 0 Å². The van der Waals surface area contributed by atoms with Crippen LogP contribution >= 0.6 is 0 Å². The second-order valence-electron chi connectivity index (χ2n) is 7.22. The molecule has 0 spiro atoms. The first-order valence-corrected chi connectivity index (χ1v) is 9.89. The number of benzene rings is 2. The van der Waals surface area contributed by atoms with Gasteiger partial charge in [-0.3, -0.25) is 9.69 Å². The van der Waals surface area contributed by atoms with E-state index in [0.29, 0.717) is 12.2 Å². The monoisotopic (exact) mass is 380 g/mol. The quantitative estimate of drug-likeness (QED) is 0.616. The molecule has 1 aliphatic rings. The van der Waals surface area contributed by atoms with E-state index in [1.54, 1.807) is 6.07 Å². The number of hydrogen-bond donors (Lipinski definition) is 0. The van der Waals surface area contributed by atoms with Gasteiger partial charge in [-0.2, -0.15) is 0 Å². The zero-order valence-electron chi connectivity index (χ0n) is 15.9. The lowest BCUT2D eigenvalue weighted by atomic mass is 10.2. The maximum absolute atomic E-state index is 13.9. The molecule has 0 bridgehead atoms. The van der Waals surface area contributed by atoms with E-state index in [4.69, 9.17) is 0 Å². The normalized spacial score (nSPS) is 15.2. The Bertz CT molecular complexity index is 995. The molecule has 2 heterocycles. The summed E-state index contributed by atoms with van der Waals surface area (Å²) in [6.45, 7) is 5.27. The molecule has 0 aliphatic carbocycles. The molecule has 28 heavy (non-hydrogen) atoms. The first-order valence-electron chi connectivity index (χ1n) is 9.89. The maximum atomic E-state index is 13.9. The lowest BCUT2D eigenvalue weighted by molar-refractivity contribution is 0.250. The molecule has 146 valence electrons. The van der Waals surface area contributed by atoms with Gasteiger partial charge in [0.15, 0.2) is 0 Å². The Morgan fingerprint density at radius 1 is 0.893 bits per heavy atom. The van der Waals surface area contributed by atoms with E-state index >= 15 is 0 Å². The van der Waals surface area contributed by atoms with E-state index in [-0.39, 0.29) is 11.4 Å². The summed E-state index contributed by atoms with van der Waals surface area (Å²) < 4.78 is 15.8. The first kappa shape index (κ1) is 18.6. The van der Waals surface area contributed by atoms with Crippen LogP contribution in [0.1, 0.15) is 12.8 Å². The van der Waals surface area contributed by atoms with Gasteiger partial charge in [0.05, 0.1) is 22.9 Å². The molecule has 0 radical (unpaired) electrons. The van der Waals surface area contributed by atoms with Crippen molar-refractivity contribution in [2.45, 2.75) is 19.4 Å². The predicted molar refractivity (Wildman–Crippen MR) is 110 cm³/mol. The van der Waals surface area contributed by atoms with Crippen molar-refractivity contribution in [3.63, 3.8) is 0 Å². The van der Waals surface area contributed by atoms with Crippen molar-refractivity contribution in [1.82, 2.24) is 14.5 Å². The summed E-state index contributed by atoms with van der Waals surface area (Å²) in [6.07, 6.45) is 3.38. The third-order valence-electron chi connectivity index (χ3n) is 5.42. The number of unbranched alkanes of at least 4 members (excludes halogenated alkanes) is 1. The zero-order valence-corrected chi connectivity index (χ0v) is 15.9. The Morgan fingerprint density at radius 3 is 2.43 bits per heavy atom. The third-order valence-corrected chi connectivity index (χ3v) is 5.42. The molecule has 0 N–H and O–H groups in total. The van der Waals surface area contributed by atoms with Crippen LogP contribution in [0.4, 0.5) is 10.1 Å². The Labute approximate surface area is 164 Å². The number of aryl methyl sites for hydroxylation is 1. The van der Waals surface area contributed by atoms with Gasteiger partial charge in [0.1, 0.15) is 5.82 Å². The van der Waals surface area contributed by atoms with Crippen LogP contribution in [0.25, 0.3) is 11.0 Å². The number of fused-ring (bicyclic) bond motifs is 1. The summed E-state index contributed by atoms with van der Waals surface area (Å²) in [5, 5.41) is 0. The minimum atomic E-state index is -0.147. The second-order valence-corrected chi connectivity index (χ2v) is 7.22. The van der Waals surface area contributed by atoms with E-state index in [2.05, 4.69) is 14.8 Å². The van der Waals surface area contributed by atoms with Gasteiger partial charge < -0.3 is 9.47 Å². The molecular formula is C22H25FN4O. The zero-order chi connectivity index (χ0) is 19.3. The molecule has 6 heteroatoms. The van der Waals surface area contributed by atoms with Crippen LogP contribution in [0.2, 0.25) is 0 Å². The highest BCUT2D eigenvalue weighted by molar-refractivity contribution is 5.74. The van der Waals surface area contributed by atoms with E-state index in [1.807, 2.05) is 41.0 Å². The van der Waals surface area contributed by atoms with Gasteiger partial charge >= 0.3 is 0 Å². The average molecular weight is 380 g/mol. The van der Waals surface area contributed by atoms with Crippen LogP contribution < -0.4 is 10.5 Å². The number of nitrogens with zero attached hydrogens (tertiary/aromatic N) is 4. The van der Waals surface area contributed by atoms with Gasteiger partial charge in [-0.1, -0.05) is 24.3 Å². The third kappa shape index (κ3) is 4.07. The summed E-state index contributed by atoms with van der Waals surface area (Å²) in [5.41, 5.74) is 2.41. The van der Waals surface area contributed by atoms with Crippen LogP contribution in [0.5, 0.6) is 0 Å². The Balaban J connectivity index is 1.27. The van der Waals surface area contributed by atoms with Crippen molar-refractivity contribution in [2.24, 2.45) is 0 Å². The smallest absolute Gasteiger partial charge is 0.269 e. The van der Waals surface area contributed by atoms with Crippen molar-refractivity contribution in [3.05, 3.63) is 70.9 Å². The highest BCUT2D eigenvalue weighted by atomic mass is 19.1. The average Bonchev–Trinajstić information content (AvgIpc) is 2.73. The molecule has 5 nitrogen and oxygen atoms in total. The molecule has 0 atom stereocenters. The molecule has 0 unspecified atom stereocenters. The second kappa shape index (κ2) is 8.52. The molecule has 1 saturated heterocycles. The minimum absolute atomic E-state index is 0.0443. The fraction of sp³-hybridized carbons (Fsp3) is 0.364. The van der Waals surface area contributed by atoms with Crippen LogP contribution in [0, 0.1) is 5.82 Å². The summed E-state index contributed by atoms with van der Waals surface area (Å²) >= 11 is 0. The molecule has 1 aromatic heterocycles. The molecule has 1 fully saturated rings. The van der Waals surface area contributed by atoms with Gasteiger partial charge in [0.2, 0.25) is 0 Å². The topological polar surface area (TPSA) is 41.4 Å². The molecule has 4 rings (SSSR count). The van der Waals surface area contributed by atoms with E-state index in [9.17, 15) is 9.18 Å². The standard InChI is InChI=1S/C22H25FN4O/c23-18-7-1-3-9-20(18)26-15-13-25(14-16-26)11-5-6-12-27-21-10-4-2-8-19(21)24-17-22(27)28/h1-4,7-10,17H,5-6,11-16H2. The van der Waals surface area contributed by atoms with Crippen LogP contribution in [-0.2, 0) is 6.54 Å². The Kier molecular flexibility index (Phi) is 5.67. The highest BCUT2D eigenvalue weighted by Gasteiger charge is 2.18. The molecular weight excluding hydrogens is 355 g/mol. The molecule has 0 saturated carbocycles. The highest BCUT2D eigenvalue weighted by Crippen LogP contribution is 2.20. The summed E-state index contributed by atoms with van der Waals surface area (Å²) in [6, 6.07) is 14.7. The maximum Gasteiger partial charge on any atom is 0.269 e. The van der Waals surface area contributed by atoms with E-state index in [1.165, 1.54) is 12.3 Å². The lowest BCUT2D eigenvalue weighted by Crippen LogP contribution is -2.46. The fourth-order valence-electron chi connectivity index (χ4n) is 3.87. The first-order chi connectivity index (χ1) is 13.7. The number of para-hydroxylation sites is 3. The van der Waals surface area contributed by atoms with Gasteiger partial charge in [-0.25, -0.2) is 9.37 Å². The summed E-state index contributed by atoms with van der Waals surface area (Å²) in [7, 11) is 0. The number of halogens is 1. The van der Waals surface area contributed by atoms with E-state index in [0.717, 1.165) is 56.6 Å². The minimum Gasteiger partial charge on any atom is -0.367 e. The molecule has 3 aromatic rings. The summed E-state index contributed by atoms with van der Waals surface area (Å²) in [5.74, 6) is -0.147. The van der Waals surface area contributed by atoms with Crippen molar-refractivity contribution in [2.75, 3.05) is 37.6 Å². The number of piperazine rings is 1. The van der Waals surface area contributed by atoms with Crippen LogP contribution in [0.15, 0.2) is 59.5 Å². The Morgan fingerprint density at radius 2 is 1.61 bits per heavy atom. The van der Waals surface area contributed by atoms with Crippen molar-refractivity contribution >= 4 is 16.7 Å². The van der Waals surface area contributed by atoms with Crippen molar-refractivity contribution < 1.29 is 4.39 Å². The van der Waals surface area contributed by atoms with Crippen LogP contribution in [0.3, 0.4) is 0 Å². The largest absolute Gasteiger partial charge is 0.367 e. The lowest BCUT2D eigenvalue weighted by Gasteiger charge is -2.36. The molecule has 1 aliphatic heterocycles.